The van der Waals surface area contributed by atoms with Gasteiger partial charge in [0.15, 0.2) is 0 Å². The van der Waals surface area contributed by atoms with E-state index in [1.54, 1.807) is 6.07 Å². The maximum Gasteiger partial charge on any atom is 0.132 e. The van der Waals surface area contributed by atoms with Crippen LogP contribution in [-0.4, -0.2) is 28.4 Å². The van der Waals surface area contributed by atoms with Crippen LogP contribution in [0.2, 0.25) is 0 Å². The van der Waals surface area contributed by atoms with Gasteiger partial charge in [0.1, 0.15) is 22.0 Å². The molecular weight excluding hydrogens is 315 g/mol. The maximum absolute atomic E-state index is 13.4. The molecule has 2 aromatic rings. The van der Waals surface area contributed by atoms with Crippen molar-refractivity contribution in [3.63, 3.8) is 0 Å². The fourth-order valence-electron chi connectivity index (χ4n) is 1.99. The summed E-state index contributed by atoms with van der Waals surface area (Å²) in [5.41, 5.74) is 1.34. The van der Waals surface area contributed by atoms with Crippen molar-refractivity contribution in [3.05, 3.63) is 34.4 Å². The summed E-state index contributed by atoms with van der Waals surface area (Å²) >= 11 is 3.37. The van der Waals surface area contributed by atoms with Crippen LogP contribution < -0.4 is 4.74 Å². The summed E-state index contributed by atoms with van der Waals surface area (Å²) in [6.07, 6.45) is 0.437. The normalized spacial score (nSPS) is 10.8. The molecule has 0 bridgehead atoms. The van der Waals surface area contributed by atoms with Gasteiger partial charge in [-0.15, -0.1) is 0 Å². The third-order valence-corrected chi connectivity index (χ3v) is 3.45. The highest BCUT2D eigenvalue weighted by molar-refractivity contribution is 9.10. The van der Waals surface area contributed by atoms with Gasteiger partial charge in [0.2, 0.25) is 0 Å². The first-order chi connectivity index (χ1) is 9.08. The zero-order valence-electron chi connectivity index (χ0n) is 10.7. The zero-order valence-corrected chi connectivity index (χ0v) is 12.2. The van der Waals surface area contributed by atoms with Gasteiger partial charge in [0.05, 0.1) is 19.4 Å². The molecule has 1 aromatic carbocycles. The van der Waals surface area contributed by atoms with Crippen LogP contribution in [0.5, 0.6) is 5.75 Å². The van der Waals surface area contributed by atoms with E-state index in [2.05, 4.69) is 20.9 Å². The third-order valence-electron chi connectivity index (χ3n) is 2.90. The van der Waals surface area contributed by atoms with Crippen molar-refractivity contribution in [2.24, 2.45) is 7.05 Å². The number of aliphatic hydroxyl groups is 1. The summed E-state index contributed by atoms with van der Waals surface area (Å²) in [4.78, 5) is 4.32. The average Bonchev–Trinajstić information content (AvgIpc) is 2.65. The number of hydrogen-bond donors (Lipinski definition) is 1. The highest BCUT2D eigenvalue weighted by Crippen LogP contribution is 2.35. The van der Waals surface area contributed by atoms with Gasteiger partial charge < -0.3 is 14.4 Å². The molecule has 0 aliphatic heterocycles. The molecule has 0 amide bonds. The minimum Gasteiger partial charge on any atom is -0.496 e. The molecule has 102 valence electrons. The largest absolute Gasteiger partial charge is 0.496 e. The van der Waals surface area contributed by atoms with E-state index in [1.807, 2.05) is 11.6 Å². The summed E-state index contributed by atoms with van der Waals surface area (Å²) in [6, 6.07) is 4.33. The summed E-state index contributed by atoms with van der Waals surface area (Å²) < 4.78 is 21.1. The van der Waals surface area contributed by atoms with Crippen molar-refractivity contribution in [1.29, 1.82) is 0 Å². The van der Waals surface area contributed by atoms with Crippen LogP contribution in [0.15, 0.2) is 22.8 Å². The number of hydrogen-bond acceptors (Lipinski definition) is 3. The van der Waals surface area contributed by atoms with Gasteiger partial charge in [-0.05, 0) is 34.1 Å². The first kappa shape index (κ1) is 14.0. The van der Waals surface area contributed by atoms with Crippen LogP contribution in [0.3, 0.4) is 0 Å². The van der Waals surface area contributed by atoms with Gasteiger partial charge in [-0.3, -0.25) is 0 Å². The Morgan fingerprint density at radius 3 is 2.84 bits per heavy atom. The molecule has 0 aliphatic rings. The molecule has 0 saturated heterocycles. The lowest BCUT2D eigenvalue weighted by Crippen LogP contribution is -2.02. The molecule has 2 rings (SSSR count). The number of halogens is 2. The Balaban J connectivity index is 2.61. The van der Waals surface area contributed by atoms with Crippen molar-refractivity contribution in [3.8, 4) is 17.0 Å². The molecular formula is C13H14BrFN2O2. The van der Waals surface area contributed by atoms with E-state index in [1.165, 1.54) is 19.2 Å². The highest BCUT2D eigenvalue weighted by Gasteiger charge is 2.18. The SMILES string of the molecule is COc1ccc(F)cc1-c1c(Br)nc(CCO)n1C. The van der Waals surface area contributed by atoms with Crippen LogP contribution in [0.4, 0.5) is 4.39 Å². The molecule has 19 heavy (non-hydrogen) atoms. The van der Waals surface area contributed by atoms with E-state index in [9.17, 15) is 4.39 Å². The number of aromatic nitrogens is 2. The quantitative estimate of drug-likeness (QED) is 0.938. The average molecular weight is 329 g/mol. The van der Waals surface area contributed by atoms with Gasteiger partial charge in [0.25, 0.3) is 0 Å². The Morgan fingerprint density at radius 1 is 1.47 bits per heavy atom. The second kappa shape index (κ2) is 5.71. The lowest BCUT2D eigenvalue weighted by molar-refractivity contribution is 0.295. The zero-order chi connectivity index (χ0) is 14.0. The maximum atomic E-state index is 13.4. The van der Waals surface area contributed by atoms with Gasteiger partial charge in [-0.1, -0.05) is 0 Å². The molecule has 4 nitrogen and oxygen atoms in total. The predicted molar refractivity (Wildman–Crippen MR) is 73.6 cm³/mol. The van der Waals surface area contributed by atoms with Crippen LogP contribution in [0.25, 0.3) is 11.3 Å². The lowest BCUT2D eigenvalue weighted by atomic mass is 10.1. The molecule has 0 atom stereocenters. The minimum atomic E-state index is -0.340. The van der Waals surface area contributed by atoms with E-state index in [4.69, 9.17) is 9.84 Å². The summed E-state index contributed by atoms with van der Waals surface area (Å²) in [5, 5.41) is 9.01. The smallest absolute Gasteiger partial charge is 0.132 e. The summed E-state index contributed by atoms with van der Waals surface area (Å²) in [6.45, 7) is 0.0109. The van der Waals surface area contributed by atoms with Gasteiger partial charge in [0, 0.05) is 19.0 Å². The van der Waals surface area contributed by atoms with Crippen LogP contribution in [0.1, 0.15) is 5.82 Å². The number of benzene rings is 1. The predicted octanol–water partition coefficient (Wildman–Crippen LogP) is 2.53. The first-order valence-corrected chi connectivity index (χ1v) is 6.53. The molecule has 0 fully saturated rings. The Kier molecular flexibility index (Phi) is 4.21. The van der Waals surface area contributed by atoms with E-state index in [0.29, 0.717) is 22.3 Å². The lowest BCUT2D eigenvalue weighted by Gasteiger charge is -2.10. The Morgan fingerprint density at radius 2 is 2.21 bits per heavy atom. The first-order valence-electron chi connectivity index (χ1n) is 5.74. The third kappa shape index (κ3) is 2.64. The number of nitrogens with zero attached hydrogens (tertiary/aromatic N) is 2. The number of methoxy groups -OCH3 is 1. The number of ether oxygens (including phenoxy) is 1. The van der Waals surface area contributed by atoms with Crippen molar-refractivity contribution >= 4 is 15.9 Å². The van der Waals surface area contributed by atoms with Crippen LogP contribution in [0, 0.1) is 5.82 Å². The van der Waals surface area contributed by atoms with E-state index in [0.717, 1.165) is 11.5 Å². The van der Waals surface area contributed by atoms with E-state index >= 15 is 0 Å². The molecule has 0 spiro atoms. The molecule has 6 heteroatoms. The highest BCUT2D eigenvalue weighted by atomic mass is 79.9. The summed E-state index contributed by atoms with van der Waals surface area (Å²) in [7, 11) is 3.36. The van der Waals surface area contributed by atoms with E-state index in [-0.39, 0.29) is 12.4 Å². The van der Waals surface area contributed by atoms with Gasteiger partial charge in [-0.2, -0.15) is 0 Å². The van der Waals surface area contributed by atoms with Gasteiger partial charge in [-0.25, -0.2) is 9.37 Å². The second-order valence-electron chi connectivity index (χ2n) is 4.04. The fraction of sp³-hybridized carbons (Fsp3) is 0.308. The Hall–Kier alpha value is -1.40. The minimum absolute atomic E-state index is 0.0109. The molecule has 0 unspecified atom stereocenters. The Labute approximate surface area is 119 Å². The molecule has 0 aliphatic carbocycles. The molecule has 1 heterocycles. The number of imidazole rings is 1. The molecule has 0 radical (unpaired) electrons. The second-order valence-corrected chi connectivity index (χ2v) is 4.80. The monoisotopic (exact) mass is 328 g/mol. The summed E-state index contributed by atoms with van der Waals surface area (Å²) in [5.74, 6) is 0.948. The van der Waals surface area contributed by atoms with Crippen molar-refractivity contribution in [2.45, 2.75) is 6.42 Å². The van der Waals surface area contributed by atoms with Gasteiger partial charge >= 0.3 is 0 Å². The topological polar surface area (TPSA) is 47.3 Å². The number of aliphatic hydroxyl groups excluding tert-OH is 1. The fourth-order valence-corrected chi connectivity index (χ4v) is 2.67. The molecule has 0 saturated carbocycles. The van der Waals surface area contributed by atoms with Crippen molar-refractivity contribution in [2.75, 3.05) is 13.7 Å². The molecule has 1 aromatic heterocycles. The van der Waals surface area contributed by atoms with Crippen LogP contribution in [-0.2, 0) is 13.5 Å². The van der Waals surface area contributed by atoms with E-state index < -0.39 is 0 Å². The molecule has 1 N–H and O–H groups in total. The van der Waals surface area contributed by atoms with Crippen molar-refractivity contribution in [1.82, 2.24) is 9.55 Å². The van der Waals surface area contributed by atoms with Crippen LogP contribution >= 0.6 is 15.9 Å². The Bertz CT molecular complexity index is 599. The van der Waals surface area contributed by atoms with Crippen molar-refractivity contribution < 1.29 is 14.2 Å². The number of rotatable bonds is 4. The standard InChI is InChI=1S/C13H14BrFN2O2/c1-17-11(5-6-18)16-13(14)12(17)9-7-8(15)3-4-10(9)19-2/h3-4,7,18H,5-6H2,1-2H3.